The molecule has 1 saturated heterocycles. The summed E-state index contributed by atoms with van der Waals surface area (Å²) in [6, 6.07) is 0. The molecule has 0 aromatic heterocycles. The number of carbonyl (C=O) groups excluding carboxylic acids is 2. The molecule has 1 heterocycles. The van der Waals surface area contributed by atoms with Gasteiger partial charge in [-0.3, -0.25) is 9.59 Å². The first-order valence-corrected chi connectivity index (χ1v) is 9.21. The summed E-state index contributed by atoms with van der Waals surface area (Å²) in [5.41, 5.74) is 1.23. The maximum Gasteiger partial charge on any atom is 0.208 e. The van der Waals surface area contributed by atoms with Crippen molar-refractivity contribution in [3.63, 3.8) is 0 Å². The van der Waals surface area contributed by atoms with Crippen LogP contribution in [0.4, 0.5) is 0 Å². The Labute approximate surface area is 148 Å². The summed E-state index contributed by atoms with van der Waals surface area (Å²) in [5.74, 6) is -0.793. The predicted octanol–water partition coefficient (Wildman–Crippen LogP) is 2.71. The van der Waals surface area contributed by atoms with Gasteiger partial charge < -0.3 is 9.47 Å². The Balaban J connectivity index is 1.57. The van der Waals surface area contributed by atoms with Crippen molar-refractivity contribution in [1.82, 2.24) is 0 Å². The second-order valence-electron chi connectivity index (χ2n) is 7.05. The molecular weight excluding hydrogens is 372 g/mol. The fourth-order valence-electron chi connectivity index (χ4n) is 4.98. The monoisotopic (exact) mass is 388 g/mol. The Kier molecular flexibility index (Phi) is 3.19. The van der Waals surface area contributed by atoms with E-state index < -0.39 is 5.79 Å². The number of rotatable bonds is 0. The summed E-state index contributed by atoms with van der Waals surface area (Å²) >= 11 is 3.64. The number of allylic oxidation sites excluding steroid dienone is 6. The SMILES string of the molecule is O=C1C=CC(=O)C2C3C=CC4C(C=C(Br)C45OCCO5)C3=CCC12. The molecule has 4 aliphatic carbocycles. The molecule has 0 aromatic rings. The molecule has 0 radical (unpaired) electrons. The lowest BCUT2D eigenvalue weighted by molar-refractivity contribution is -0.146. The summed E-state index contributed by atoms with van der Waals surface area (Å²) in [6.07, 6.45) is 12.1. The van der Waals surface area contributed by atoms with Crippen LogP contribution in [0.3, 0.4) is 0 Å². The molecule has 5 aliphatic rings. The molecule has 0 saturated carbocycles. The normalized spacial score (nSPS) is 41.8. The van der Waals surface area contributed by atoms with Crippen LogP contribution in [0.2, 0.25) is 0 Å². The third-order valence-electron chi connectivity index (χ3n) is 6.03. The second-order valence-corrected chi connectivity index (χ2v) is 7.91. The fraction of sp³-hybridized carbons (Fsp3) is 0.474. The third kappa shape index (κ3) is 1.81. The average molecular weight is 389 g/mol. The number of hydrogen-bond acceptors (Lipinski definition) is 4. The maximum atomic E-state index is 12.5. The Morgan fingerprint density at radius 2 is 1.79 bits per heavy atom. The van der Waals surface area contributed by atoms with Gasteiger partial charge in [0.2, 0.25) is 5.79 Å². The molecule has 4 nitrogen and oxygen atoms in total. The second kappa shape index (κ2) is 5.10. The molecule has 0 aromatic carbocycles. The average Bonchev–Trinajstić information content (AvgIpc) is 3.18. The highest BCUT2D eigenvalue weighted by Gasteiger charge is 2.57. The van der Waals surface area contributed by atoms with Gasteiger partial charge in [-0.15, -0.1) is 0 Å². The van der Waals surface area contributed by atoms with Gasteiger partial charge in [0.15, 0.2) is 11.6 Å². The third-order valence-corrected chi connectivity index (χ3v) is 6.85. The van der Waals surface area contributed by atoms with Crippen molar-refractivity contribution in [2.45, 2.75) is 12.2 Å². The zero-order chi connectivity index (χ0) is 16.5. The minimum absolute atomic E-state index is 0.000460. The standard InChI is InChI=1S/C19H17BrO4/c20-17-9-13-10-1-2-12-15(21)5-6-16(22)18(12)11(10)3-4-14(13)19(17)23-7-8-24-19/h1,3-6,9,11-14,18H,2,7-8H2. The van der Waals surface area contributed by atoms with Gasteiger partial charge in [-0.1, -0.05) is 45.8 Å². The summed E-state index contributed by atoms with van der Waals surface area (Å²) in [4.78, 5) is 24.6. The molecule has 1 spiro atoms. The lowest BCUT2D eigenvalue weighted by Crippen LogP contribution is -2.45. The van der Waals surface area contributed by atoms with Crippen molar-refractivity contribution < 1.29 is 19.1 Å². The highest BCUT2D eigenvalue weighted by molar-refractivity contribution is 9.11. The lowest BCUT2D eigenvalue weighted by atomic mass is 9.61. The van der Waals surface area contributed by atoms with Crippen molar-refractivity contribution >= 4 is 27.5 Å². The van der Waals surface area contributed by atoms with Gasteiger partial charge >= 0.3 is 0 Å². The lowest BCUT2D eigenvalue weighted by Gasteiger charge is -2.43. The molecule has 24 heavy (non-hydrogen) atoms. The largest absolute Gasteiger partial charge is 0.343 e. The van der Waals surface area contributed by atoms with Crippen LogP contribution >= 0.6 is 15.9 Å². The smallest absolute Gasteiger partial charge is 0.208 e. The Morgan fingerprint density at radius 3 is 2.58 bits per heavy atom. The molecule has 5 unspecified atom stereocenters. The van der Waals surface area contributed by atoms with Gasteiger partial charge in [0.05, 0.1) is 17.7 Å². The van der Waals surface area contributed by atoms with Gasteiger partial charge in [-0.25, -0.2) is 0 Å². The van der Waals surface area contributed by atoms with Crippen LogP contribution < -0.4 is 0 Å². The van der Waals surface area contributed by atoms with Crippen LogP contribution in [-0.4, -0.2) is 30.6 Å². The van der Waals surface area contributed by atoms with E-state index in [-0.39, 0.29) is 41.2 Å². The van der Waals surface area contributed by atoms with Crippen molar-refractivity contribution in [3.8, 4) is 0 Å². The molecule has 0 bridgehead atoms. The molecule has 5 rings (SSSR count). The minimum atomic E-state index is -0.712. The van der Waals surface area contributed by atoms with E-state index in [1.165, 1.54) is 17.7 Å². The van der Waals surface area contributed by atoms with Gasteiger partial charge in [0.1, 0.15) is 0 Å². The molecule has 124 valence electrons. The summed E-state index contributed by atoms with van der Waals surface area (Å²) in [5, 5.41) is 0. The van der Waals surface area contributed by atoms with Crippen molar-refractivity contribution in [2.24, 2.45) is 29.6 Å². The summed E-state index contributed by atoms with van der Waals surface area (Å²) in [7, 11) is 0. The number of hydrogen-bond donors (Lipinski definition) is 0. The van der Waals surface area contributed by atoms with Crippen LogP contribution in [0, 0.1) is 29.6 Å². The Morgan fingerprint density at radius 1 is 1.04 bits per heavy atom. The first-order valence-electron chi connectivity index (χ1n) is 8.41. The Bertz CT molecular complexity index is 753. The summed E-state index contributed by atoms with van der Waals surface area (Å²) < 4.78 is 12.9. The van der Waals surface area contributed by atoms with Crippen LogP contribution in [0.25, 0.3) is 0 Å². The number of halogens is 1. The van der Waals surface area contributed by atoms with Crippen LogP contribution in [0.15, 0.2) is 46.5 Å². The van der Waals surface area contributed by atoms with E-state index in [1.54, 1.807) is 0 Å². The van der Waals surface area contributed by atoms with E-state index in [9.17, 15) is 9.59 Å². The summed E-state index contributed by atoms with van der Waals surface area (Å²) in [6.45, 7) is 1.18. The molecular formula is C19H17BrO4. The number of ketones is 2. The highest BCUT2D eigenvalue weighted by Crippen LogP contribution is 2.56. The highest BCUT2D eigenvalue weighted by atomic mass is 79.9. The molecule has 5 atom stereocenters. The molecule has 0 amide bonds. The Hall–Kier alpha value is -1.30. The van der Waals surface area contributed by atoms with Crippen molar-refractivity contribution in [1.29, 1.82) is 0 Å². The van der Waals surface area contributed by atoms with E-state index in [1.807, 2.05) is 0 Å². The van der Waals surface area contributed by atoms with E-state index in [0.717, 1.165) is 4.48 Å². The minimum Gasteiger partial charge on any atom is -0.343 e. The van der Waals surface area contributed by atoms with E-state index in [4.69, 9.17) is 9.47 Å². The van der Waals surface area contributed by atoms with Crippen molar-refractivity contribution in [3.05, 3.63) is 46.5 Å². The first kappa shape index (κ1) is 15.0. The van der Waals surface area contributed by atoms with Crippen molar-refractivity contribution in [2.75, 3.05) is 13.2 Å². The predicted molar refractivity (Wildman–Crippen MR) is 90.1 cm³/mol. The van der Waals surface area contributed by atoms with E-state index in [0.29, 0.717) is 19.6 Å². The quantitative estimate of drug-likeness (QED) is 0.598. The number of ether oxygens (including phenoxy) is 2. The molecule has 5 heteroatoms. The maximum absolute atomic E-state index is 12.5. The van der Waals surface area contributed by atoms with Crippen LogP contribution in [-0.2, 0) is 19.1 Å². The van der Waals surface area contributed by atoms with Crippen LogP contribution in [0.5, 0.6) is 0 Å². The van der Waals surface area contributed by atoms with E-state index in [2.05, 4.69) is 40.2 Å². The topological polar surface area (TPSA) is 52.6 Å². The molecule has 1 fully saturated rings. The van der Waals surface area contributed by atoms with Gasteiger partial charge in [0, 0.05) is 29.6 Å². The zero-order valence-electron chi connectivity index (χ0n) is 13.0. The van der Waals surface area contributed by atoms with Gasteiger partial charge in [0.25, 0.3) is 0 Å². The van der Waals surface area contributed by atoms with Crippen LogP contribution in [0.1, 0.15) is 6.42 Å². The van der Waals surface area contributed by atoms with Gasteiger partial charge in [-0.2, -0.15) is 0 Å². The van der Waals surface area contributed by atoms with E-state index >= 15 is 0 Å². The van der Waals surface area contributed by atoms with Gasteiger partial charge in [-0.05, 0) is 18.6 Å². The fourth-order valence-corrected chi connectivity index (χ4v) is 5.76. The number of fused-ring (bicyclic) bond motifs is 6. The molecule has 1 aliphatic heterocycles. The number of carbonyl (C=O) groups is 2. The molecule has 0 N–H and O–H groups in total. The zero-order valence-corrected chi connectivity index (χ0v) is 14.6. The first-order chi connectivity index (χ1) is 11.6.